The van der Waals surface area contributed by atoms with Gasteiger partial charge >= 0.3 is 0 Å². The van der Waals surface area contributed by atoms with Gasteiger partial charge in [-0.15, -0.1) is 0 Å². The van der Waals surface area contributed by atoms with E-state index in [4.69, 9.17) is 9.47 Å². The zero-order valence-electron chi connectivity index (χ0n) is 17.4. The van der Waals surface area contributed by atoms with Crippen LogP contribution in [0.2, 0.25) is 0 Å². The Morgan fingerprint density at radius 1 is 1.03 bits per heavy atom. The van der Waals surface area contributed by atoms with Crippen LogP contribution in [-0.4, -0.2) is 49.1 Å². The van der Waals surface area contributed by atoms with Crippen LogP contribution in [-0.2, 0) is 16.0 Å². The van der Waals surface area contributed by atoms with Crippen LogP contribution in [0.5, 0.6) is 11.5 Å². The van der Waals surface area contributed by atoms with Crippen molar-refractivity contribution in [1.82, 2.24) is 4.90 Å². The highest BCUT2D eigenvalue weighted by Gasteiger charge is 2.36. The molecule has 0 N–H and O–H groups in total. The molecule has 2 amide bonds. The van der Waals surface area contributed by atoms with E-state index in [2.05, 4.69) is 6.92 Å². The fourth-order valence-corrected chi connectivity index (χ4v) is 3.96. The SMILES string of the molecule is CCc1ccc(OCC(=O)N2C[C@H](C(=O)N3CCCCC3)Oc3ccccc32)cc1. The highest BCUT2D eigenvalue weighted by atomic mass is 16.5. The summed E-state index contributed by atoms with van der Waals surface area (Å²) in [5, 5.41) is 0. The Kier molecular flexibility index (Phi) is 6.21. The third kappa shape index (κ3) is 4.42. The second kappa shape index (κ2) is 9.20. The molecule has 4 rings (SSSR count). The molecular formula is C24H28N2O4. The van der Waals surface area contributed by atoms with E-state index in [0.717, 1.165) is 38.8 Å². The number of nitrogens with zero attached hydrogens (tertiary/aromatic N) is 2. The summed E-state index contributed by atoms with van der Waals surface area (Å²) in [5.74, 6) is 0.975. The molecule has 158 valence electrons. The van der Waals surface area contributed by atoms with Gasteiger partial charge in [0, 0.05) is 13.1 Å². The minimum atomic E-state index is -0.689. The van der Waals surface area contributed by atoms with E-state index >= 15 is 0 Å². The van der Waals surface area contributed by atoms with Crippen LogP contribution in [0.3, 0.4) is 0 Å². The summed E-state index contributed by atoms with van der Waals surface area (Å²) in [4.78, 5) is 29.5. The highest BCUT2D eigenvalue weighted by molar-refractivity contribution is 5.98. The van der Waals surface area contributed by atoms with Crippen molar-refractivity contribution in [3.05, 3.63) is 54.1 Å². The topological polar surface area (TPSA) is 59.1 Å². The predicted octanol–water partition coefficient (Wildman–Crippen LogP) is 3.43. The molecule has 0 bridgehead atoms. The van der Waals surface area contributed by atoms with E-state index in [1.165, 1.54) is 5.56 Å². The second-order valence-corrected chi connectivity index (χ2v) is 7.75. The number of anilines is 1. The number of hydrogen-bond donors (Lipinski definition) is 0. The van der Waals surface area contributed by atoms with Crippen LogP contribution in [0.25, 0.3) is 0 Å². The Balaban J connectivity index is 1.47. The van der Waals surface area contributed by atoms with Gasteiger partial charge in [-0.25, -0.2) is 0 Å². The maximum absolute atomic E-state index is 13.0. The summed E-state index contributed by atoms with van der Waals surface area (Å²) in [7, 11) is 0. The average Bonchev–Trinajstić information content (AvgIpc) is 2.82. The number of carbonyl (C=O) groups excluding carboxylic acids is 2. The molecule has 0 saturated carbocycles. The van der Waals surface area contributed by atoms with Gasteiger partial charge in [0.15, 0.2) is 12.7 Å². The molecule has 2 aliphatic rings. The Morgan fingerprint density at radius 2 is 1.77 bits per heavy atom. The van der Waals surface area contributed by atoms with Crippen LogP contribution in [0.1, 0.15) is 31.7 Å². The van der Waals surface area contributed by atoms with E-state index in [1.807, 2.05) is 47.4 Å². The van der Waals surface area contributed by atoms with Gasteiger partial charge in [-0.1, -0.05) is 31.2 Å². The molecule has 2 aliphatic heterocycles. The molecule has 6 nitrogen and oxygen atoms in total. The molecule has 2 aromatic rings. The lowest BCUT2D eigenvalue weighted by Gasteiger charge is -2.37. The first-order valence-corrected chi connectivity index (χ1v) is 10.7. The summed E-state index contributed by atoms with van der Waals surface area (Å²) in [5.41, 5.74) is 1.89. The number of piperidine rings is 1. The highest BCUT2D eigenvalue weighted by Crippen LogP contribution is 2.34. The largest absolute Gasteiger partial charge is 0.484 e. The molecule has 0 aromatic heterocycles. The minimum Gasteiger partial charge on any atom is -0.484 e. The van der Waals surface area contributed by atoms with Gasteiger partial charge in [0.1, 0.15) is 11.5 Å². The number of ether oxygens (including phenoxy) is 2. The Bertz CT molecular complexity index is 890. The fourth-order valence-electron chi connectivity index (χ4n) is 3.96. The van der Waals surface area contributed by atoms with Gasteiger partial charge in [-0.2, -0.15) is 0 Å². The molecule has 1 fully saturated rings. The summed E-state index contributed by atoms with van der Waals surface area (Å²) < 4.78 is 11.7. The van der Waals surface area contributed by atoms with Crippen LogP contribution in [0, 0.1) is 0 Å². The van der Waals surface area contributed by atoms with E-state index in [-0.39, 0.29) is 25.0 Å². The van der Waals surface area contributed by atoms with Crippen LogP contribution in [0.4, 0.5) is 5.69 Å². The standard InChI is InChI=1S/C24H28N2O4/c1-2-18-10-12-19(13-11-18)29-17-23(27)26-16-22(24(28)25-14-6-3-7-15-25)30-21-9-5-4-8-20(21)26/h4-5,8-13,22H,2-3,6-7,14-17H2,1H3/t22-/m1/s1. The molecule has 0 spiro atoms. The van der Waals surface area contributed by atoms with Crippen molar-refractivity contribution < 1.29 is 19.1 Å². The number of fused-ring (bicyclic) bond motifs is 1. The summed E-state index contributed by atoms with van der Waals surface area (Å²) >= 11 is 0. The zero-order valence-corrected chi connectivity index (χ0v) is 17.4. The number of carbonyl (C=O) groups is 2. The molecule has 0 unspecified atom stereocenters. The summed E-state index contributed by atoms with van der Waals surface area (Å²) in [6.07, 6.45) is 3.45. The molecule has 2 heterocycles. The van der Waals surface area contributed by atoms with Crippen molar-refractivity contribution in [2.75, 3.05) is 31.1 Å². The van der Waals surface area contributed by atoms with Crippen LogP contribution < -0.4 is 14.4 Å². The third-order valence-electron chi connectivity index (χ3n) is 5.71. The molecule has 2 aromatic carbocycles. The maximum atomic E-state index is 13.0. The number of amides is 2. The van der Waals surface area contributed by atoms with E-state index in [0.29, 0.717) is 17.2 Å². The Hall–Kier alpha value is -3.02. The summed E-state index contributed by atoms with van der Waals surface area (Å²) in [6.45, 7) is 3.71. The van der Waals surface area contributed by atoms with Gasteiger partial charge in [0.05, 0.1) is 12.2 Å². The molecular weight excluding hydrogens is 380 g/mol. The van der Waals surface area contributed by atoms with Crippen molar-refractivity contribution in [1.29, 1.82) is 0 Å². The monoisotopic (exact) mass is 408 g/mol. The molecule has 0 radical (unpaired) electrons. The second-order valence-electron chi connectivity index (χ2n) is 7.75. The predicted molar refractivity (Wildman–Crippen MR) is 115 cm³/mol. The fraction of sp³-hybridized carbons (Fsp3) is 0.417. The lowest BCUT2D eigenvalue weighted by molar-refractivity contribution is -0.139. The normalized spacial score (nSPS) is 18.4. The van der Waals surface area contributed by atoms with Crippen molar-refractivity contribution in [2.24, 2.45) is 0 Å². The first-order valence-electron chi connectivity index (χ1n) is 10.7. The first kappa shape index (κ1) is 20.3. The van der Waals surface area contributed by atoms with E-state index in [9.17, 15) is 9.59 Å². The zero-order chi connectivity index (χ0) is 20.9. The first-order chi connectivity index (χ1) is 14.7. The van der Waals surface area contributed by atoms with Gasteiger partial charge in [0.25, 0.3) is 11.8 Å². The van der Waals surface area contributed by atoms with Crippen molar-refractivity contribution >= 4 is 17.5 Å². The minimum absolute atomic E-state index is 0.0434. The number of benzene rings is 2. The smallest absolute Gasteiger partial charge is 0.265 e. The number of para-hydroxylation sites is 2. The number of aryl methyl sites for hydroxylation is 1. The third-order valence-corrected chi connectivity index (χ3v) is 5.71. The Morgan fingerprint density at radius 3 is 2.50 bits per heavy atom. The van der Waals surface area contributed by atoms with E-state index < -0.39 is 6.10 Å². The van der Waals surface area contributed by atoms with Crippen LogP contribution >= 0.6 is 0 Å². The lowest BCUT2D eigenvalue weighted by atomic mass is 10.1. The lowest BCUT2D eigenvalue weighted by Crippen LogP contribution is -2.53. The van der Waals surface area contributed by atoms with Gasteiger partial charge in [-0.3, -0.25) is 9.59 Å². The summed E-state index contributed by atoms with van der Waals surface area (Å²) in [6, 6.07) is 15.1. The van der Waals surface area contributed by atoms with E-state index in [1.54, 1.807) is 11.0 Å². The van der Waals surface area contributed by atoms with Crippen molar-refractivity contribution in [2.45, 2.75) is 38.7 Å². The van der Waals surface area contributed by atoms with Gasteiger partial charge < -0.3 is 19.3 Å². The number of rotatable bonds is 5. The molecule has 1 saturated heterocycles. The number of hydrogen-bond acceptors (Lipinski definition) is 4. The molecule has 0 aliphatic carbocycles. The Labute approximate surface area is 177 Å². The molecule has 1 atom stereocenters. The van der Waals surface area contributed by atoms with Crippen molar-refractivity contribution in [3.63, 3.8) is 0 Å². The number of likely N-dealkylation sites (tertiary alicyclic amines) is 1. The van der Waals surface area contributed by atoms with Crippen LogP contribution in [0.15, 0.2) is 48.5 Å². The molecule has 30 heavy (non-hydrogen) atoms. The van der Waals surface area contributed by atoms with Gasteiger partial charge in [0.2, 0.25) is 0 Å². The van der Waals surface area contributed by atoms with Crippen molar-refractivity contribution in [3.8, 4) is 11.5 Å². The maximum Gasteiger partial charge on any atom is 0.265 e. The average molecular weight is 408 g/mol. The van der Waals surface area contributed by atoms with Gasteiger partial charge in [-0.05, 0) is 55.5 Å². The quantitative estimate of drug-likeness (QED) is 0.761. The molecule has 6 heteroatoms.